The molecule has 0 heterocycles. The van der Waals surface area contributed by atoms with E-state index in [1.54, 1.807) is 30.3 Å². The molecule has 0 saturated heterocycles. The summed E-state index contributed by atoms with van der Waals surface area (Å²) < 4.78 is 18.6. The Bertz CT molecular complexity index is 766. The molecule has 3 rings (SSSR count). The van der Waals surface area contributed by atoms with E-state index in [4.69, 9.17) is 11.2 Å². The maximum Gasteiger partial charge on any atom is 0.228 e. The molecule has 2 unspecified atom stereocenters. The molecule has 0 radical (unpaired) electrons. The van der Waals surface area contributed by atoms with Gasteiger partial charge in [0.2, 0.25) is 5.91 Å². The van der Waals surface area contributed by atoms with Gasteiger partial charge in [-0.2, -0.15) is 0 Å². The van der Waals surface area contributed by atoms with Crippen LogP contribution in [-0.2, 0) is 4.79 Å². The Hall–Kier alpha value is -2.80. The minimum absolute atomic E-state index is 0.0617. The Morgan fingerprint density at radius 3 is 2.91 bits per heavy atom. The molecule has 1 amide bonds. The van der Waals surface area contributed by atoms with Crippen molar-refractivity contribution in [3.05, 3.63) is 59.9 Å². The highest BCUT2D eigenvalue weighted by atomic mass is 19.1. The molecule has 4 heteroatoms. The molecule has 0 aromatic heterocycles. The predicted octanol–water partition coefficient (Wildman–Crippen LogP) is 3.58. The molecule has 1 aliphatic rings. The first-order valence-electron chi connectivity index (χ1n) is 7.40. The maximum absolute atomic E-state index is 13.2. The smallest absolute Gasteiger partial charge is 0.228 e. The number of anilines is 1. The quantitative estimate of drug-likeness (QED) is 0.857. The average Bonchev–Trinajstić information content (AvgIpc) is 3.34. The number of nitrogens with one attached hydrogen (secondary N) is 1. The summed E-state index contributed by atoms with van der Waals surface area (Å²) in [4.78, 5) is 12.3. The molecule has 23 heavy (non-hydrogen) atoms. The molecule has 0 bridgehead atoms. The van der Waals surface area contributed by atoms with Crippen molar-refractivity contribution in [2.45, 2.75) is 12.3 Å². The van der Waals surface area contributed by atoms with E-state index in [0.717, 1.165) is 12.0 Å². The molecule has 1 fully saturated rings. The number of hydrogen-bond acceptors (Lipinski definition) is 2. The van der Waals surface area contributed by atoms with Gasteiger partial charge >= 0.3 is 0 Å². The molecule has 1 aliphatic carbocycles. The third kappa shape index (κ3) is 3.70. The second kappa shape index (κ2) is 6.53. The van der Waals surface area contributed by atoms with E-state index >= 15 is 0 Å². The van der Waals surface area contributed by atoms with Crippen molar-refractivity contribution in [2.24, 2.45) is 5.92 Å². The SMILES string of the molecule is C#CCOc1cccc(NC(=O)C2CC2c2cccc(F)c2)c1. The number of halogens is 1. The van der Waals surface area contributed by atoms with Crippen LogP contribution in [-0.4, -0.2) is 12.5 Å². The Kier molecular flexibility index (Phi) is 4.29. The van der Waals surface area contributed by atoms with Crippen LogP contribution in [0.15, 0.2) is 48.5 Å². The lowest BCUT2D eigenvalue weighted by molar-refractivity contribution is -0.117. The van der Waals surface area contributed by atoms with Gasteiger partial charge in [0.1, 0.15) is 18.2 Å². The minimum Gasteiger partial charge on any atom is -0.481 e. The first-order valence-corrected chi connectivity index (χ1v) is 7.40. The van der Waals surface area contributed by atoms with Crippen LogP contribution in [0.2, 0.25) is 0 Å². The van der Waals surface area contributed by atoms with Gasteiger partial charge in [0.25, 0.3) is 0 Å². The highest BCUT2D eigenvalue weighted by Crippen LogP contribution is 2.48. The molecule has 116 valence electrons. The van der Waals surface area contributed by atoms with E-state index in [1.807, 2.05) is 6.07 Å². The summed E-state index contributed by atoms with van der Waals surface area (Å²) in [5.74, 6) is 2.64. The molecular formula is C19H16FNO2. The van der Waals surface area contributed by atoms with Gasteiger partial charge < -0.3 is 10.1 Å². The lowest BCUT2D eigenvalue weighted by Gasteiger charge is -2.08. The predicted molar refractivity (Wildman–Crippen MR) is 86.6 cm³/mol. The molecule has 1 N–H and O–H groups in total. The highest BCUT2D eigenvalue weighted by molar-refractivity contribution is 5.95. The summed E-state index contributed by atoms with van der Waals surface area (Å²) in [5, 5.41) is 2.87. The second-order valence-corrected chi connectivity index (χ2v) is 5.51. The van der Waals surface area contributed by atoms with E-state index in [1.165, 1.54) is 12.1 Å². The van der Waals surface area contributed by atoms with E-state index in [0.29, 0.717) is 11.4 Å². The Morgan fingerprint density at radius 2 is 2.13 bits per heavy atom. The van der Waals surface area contributed by atoms with Gasteiger partial charge in [-0.05, 0) is 42.2 Å². The zero-order valence-electron chi connectivity index (χ0n) is 12.5. The van der Waals surface area contributed by atoms with Gasteiger partial charge in [-0.15, -0.1) is 6.42 Å². The number of carbonyl (C=O) groups excluding carboxylic acids is 1. The van der Waals surface area contributed by atoms with Crippen molar-refractivity contribution >= 4 is 11.6 Å². The Balaban J connectivity index is 1.61. The number of carbonyl (C=O) groups is 1. The van der Waals surface area contributed by atoms with Crippen LogP contribution in [0.5, 0.6) is 5.75 Å². The molecule has 0 spiro atoms. The summed E-state index contributed by atoms with van der Waals surface area (Å²) in [6.45, 7) is 0.182. The van der Waals surface area contributed by atoms with Crippen LogP contribution in [0.3, 0.4) is 0 Å². The van der Waals surface area contributed by atoms with Gasteiger partial charge in [-0.1, -0.05) is 24.1 Å². The lowest BCUT2D eigenvalue weighted by atomic mass is 10.1. The summed E-state index contributed by atoms with van der Waals surface area (Å²) in [6, 6.07) is 13.5. The molecule has 2 aromatic rings. The monoisotopic (exact) mass is 309 g/mol. The number of rotatable bonds is 5. The summed E-state index contributed by atoms with van der Waals surface area (Å²) in [6.07, 6.45) is 5.89. The molecule has 1 saturated carbocycles. The lowest BCUT2D eigenvalue weighted by Crippen LogP contribution is -2.14. The van der Waals surface area contributed by atoms with Crippen LogP contribution >= 0.6 is 0 Å². The van der Waals surface area contributed by atoms with Crippen LogP contribution in [0.1, 0.15) is 17.9 Å². The van der Waals surface area contributed by atoms with Crippen LogP contribution in [0, 0.1) is 24.1 Å². The van der Waals surface area contributed by atoms with Crippen molar-refractivity contribution < 1.29 is 13.9 Å². The zero-order valence-corrected chi connectivity index (χ0v) is 12.5. The number of hydrogen-bond donors (Lipinski definition) is 1. The first-order chi connectivity index (χ1) is 11.2. The van der Waals surface area contributed by atoms with Crippen LogP contribution in [0.25, 0.3) is 0 Å². The zero-order chi connectivity index (χ0) is 16.2. The molecule has 0 aliphatic heterocycles. The van der Waals surface area contributed by atoms with Gasteiger partial charge in [-0.25, -0.2) is 4.39 Å². The van der Waals surface area contributed by atoms with E-state index in [9.17, 15) is 9.18 Å². The van der Waals surface area contributed by atoms with Crippen LogP contribution < -0.4 is 10.1 Å². The normalized spacial score (nSPS) is 18.8. The largest absolute Gasteiger partial charge is 0.481 e. The third-order valence-electron chi connectivity index (χ3n) is 3.83. The Labute approximate surface area is 134 Å². The maximum atomic E-state index is 13.2. The minimum atomic E-state index is -0.271. The first kappa shape index (κ1) is 15.1. The summed E-state index contributed by atoms with van der Waals surface area (Å²) >= 11 is 0. The van der Waals surface area contributed by atoms with E-state index in [2.05, 4.69) is 11.2 Å². The third-order valence-corrected chi connectivity index (χ3v) is 3.83. The fourth-order valence-corrected chi connectivity index (χ4v) is 2.61. The average molecular weight is 309 g/mol. The number of ether oxygens (including phenoxy) is 1. The van der Waals surface area contributed by atoms with Gasteiger partial charge in [0.15, 0.2) is 0 Å². The van der Waals surface area contributed by atoms with E-state index in [-0.39, 0.29) is 30.2 Å². The molecular weight excluding hydrogens is 293 g/mol. The fourth-order valence-electron chi connectivity index (χ4n) is 2.61. The second-order valence-electron chi connectivity index (χ2n) is 5.51. The topological polar surface area (TPSA) is 38.3 Å². The van der Waals surface area contributed by atoms with Crippen molar-refractivity contribution in [3.63, 3.8) is 0 Å². The Morgan fingerprint density at radius 1 is 1.30 bits per heavy atom. The summed E-state index contributed by atoms with van der Waals surface area (Å²) in [7, 11) is 0. The fraction of sp³-hybridized carbons (Fsp3) is 0.211. The molecule has 2 aromatic carbocycles. The number of amides is 1. The molecule has 2 atom stereocenters. The van der Waals surface area contributed by atoms with Crippen molar-refractivity contribution in [1.29, 1.82) is 0 Å². The van der Waals surface area contributed by atoms with Crippen LogP contribution in [0.4, 0.5) is 10.1 Å². The van der Waals surface area contributed by atoms with Gasteiger partial charge in [-0.3, -0.25) is 4.79 Å². The van der Waals surface area contributed by atoms with Crippen molar-refractivity contribution in [3.8, 4) is 18.1 Å². The van der Waals surface area contributed by atoms with E-state index < -0.39 is 0 Å². The van der Waals surface area contributed by atoms with Crippen molar-refractivity contribution in [1.82, 2.24) is 0 Å². The highest BCUT2D eigenvalue weighted by Gasteiger charge is 2.44. The van der Waals surface area contributed by atoms with Crippen molar-refractivity contribution in [2.75, 3.05) is 11.9 Å². The summed E-state index contributed by atoms with van der Waals surface area (Å²) in [5.41, 5.74) is 1.53. The number of benzene rings is 2. The number of terminal acetylenes is 1. The van der Waals surface area contributed by atoms with Gasteiger partial charge in [0, 0.05) is 17.7 Å². The molecule has 3 nitrogen and oxygen atoms in total. The standard InChI is InChI=1S/C19H16FNO2/c1-2-9-23-16-8-4-7-15(11-16)21-19(22)18-12-17(18)13-5-3-6-14(20)10-13/h1,3-8,10-11,17-18H,9,12H2,(H,21,22). The van der Waals surface area contributed by atoms with Gasteiger partial charge in [0.05, 0.1) is 0 Å².